The summed E-state index contributed by atoms with van der Waals surface area (Å²) in [5.41, 5.74) is 4.39. The maximum absolute atomic E-state index is 12.7. The van der Waals surface area contributed by atoms with Gasteiger partial charge in [0, 0.05) is 17.0 Å². The molecule has 0 aromatic heterocycles. The highest BCUT2D eigenvalue weighted by molar-refractivity contribution is 6.05. The fourth-order valence-electron chi connectivity index (χ4n) is 2.64. The molecule has 0 unspecified atom stereocenters. The first-order chi connectivity index (χ1) is 11.0. The molecule has 0 aliphatic heterocycles. The number of hydrogen-bond donors (Lipinski definition) is 1. The highest BCUT2D eigenvalue weighted by Crippen LogP contribution is 2.29. The van der Waals surface area contributed by atoms with E-state index in [1.807, 2.05) is 56.3 Å². The Hall–Kier alpha value is -2.55. The molecular formula is C20H22N2O. The molecule has 0 radical (unpaired) electrons. The van der Waals surface area contributed by atoms with Crippen molar-refractivity contribution in [1.82, 2.24) is 0 Å². The van der Waals surface area contributed by atoms with E-state index in [0.29, 0.717) is 5.56 Å². The number of Topliss-reactive ketones (excluding diaryl/α,β-unsaturated/α-hetero) is 1. The Kier molecular flexibility index (Phi) is 5.22. The average Bonchev–Trinajstić information content (AvgIpc) is 2.59. The standard InChI is InChI=1S/C20H22N2O/c1-5-14-8-7-11-17(18(14)19(23)13(2)3)15-9-6-10-16(12-15)20(21)22-4/h6-13,21H,4-5H2,1-3H3. The van der Waals surface area contributed by atoms with Gasteiger partial charge in [-0.3, -0.25) is 10.2 Å². The Morgan fingerprint density at radius 3 is 2.52 bits per heavy atom. The lowest BCUT2D eigenvalue weighted by Gasteiger charge is -2.15. The van der Waals surface area contributed by atoms with Crippen molar-refractivity contribution in [2.24, 2.45) is 10.9 Å². The minimum Gasteiger partial charge on any atom is -0.294 e. The van der Waals surface area contributed by atoms with Crippen LogP contribution in [0.5, 0.6) is 0 Å². The molecule has 118 valence electrons. The minimum absolute atomic E-state index is 0.0576. The predicted octanol–water partition coefficient (Wildman–Crippen LogP) is 4.78. The summed E-state index contributed by atoms with van der Waals surface area (Å²) in [4.78, 5) is 16.4. The van der Waals surface area contributed by atoms with E-state index in [1.54, 1.807) is 0 Å². The van der Waals surface area contributed by atoms with Crippen LogP contribution in [0.2, 0.25) is 0 Å². The van der Waals surface area contributed by atoms with Gasteiger partial charge in [0.25, 0.3) is 0 Å². The van der Waals surface area contributed by atoms with E-state index in [9.17, 15) is 4.79 Å². The SMILES string of the molecule is C=NC(=N)c1cccc(-c2cccc(CC)c2C(=O)C(C)C)c1. The Morgan fingerprint density at radius 2 is 1.91 bits per heavy atom. The van der Waals surface area contributed by atoms with E-state index in [1.165, 1.54) is 0 Å². The molecule has 0 atom stereocenters. The van der Waals surface area contributed by atoms with Crippen LogP contribution >= 0.6 is 0 Å². The second kappa shape index (κ2) is 7.14. The van der Waals surface area contributed by atoms with Crippen molar-refractivity contribution in [3.8, 4) is 11.1 Å². The number of carbonyl (C=O) groups is 1. The van der Waals surface area contributed by atoms with E-state index in [4.69, 9.17) is 5.41 Å². The lowest BCUT2D eigenvalue weighted by Crippen LogP contribution is -2.12. The van der Waals surface area contributed by atoms with Gasteiger partial charge in [0.15, 0.2) is 11.6 Å². The fourth-order valence-corrected chi connectivity index (χ4v) is 2.64. The van der Waals surface area contributed by atoms with Crippen molar-refractivity contribution in [3.63, 3.8) is 0 Å². The predicted molar refractivity (Wildman–Crippen MR) is 96.8 cm³/mol. The van der Waals surface area contributed by atoms with Gasteiger partial charge < -0.3 is 0 Å². The Bertz CT molecular complexity index is 760. The molecular weight excluding hydrogens is 284 g/mol. The number of benzene rings is 2. The van der Waals surface area contributed by atoms with Gasteiger partial charge in [-0.2, -0.15) is 0 Å². The third kappa shape index (κ3) is 3.45. The van der Waals surface area contributed by atoms with E-state index < -0.39 is 0 Å². The van der Waals surface area contributed by atoms with Crippen molar-refractivity contribution in [2.45, 2.75) is 27.2 Å². The summed E-state index contributed by atoms with van der Waals surface area (Å²) in [6.45, 7) is 9.31. The molecule has 2 rings (SSSR count). The van der Waals surface area contributed by atoms with Crippen molar-refractivity contribution in [3.05, 3.63) is 59.2 Å². The number of aryl methyl sites for hydroxylation is 1. The molecule has 0 fully saturated rings. The molecule has 0 saturated heterocycles. The summed E-state index contributed by atoms with van der Waals surface area (Å²) in [5, 5.41) is 7.83. The highest BCUT2D eigenvalue weighted by Gasteiger charge is 2.19. The molecule has 2 aromatic carbocycles. The number of carbonyl (C=O) groups excluding carboxylic acids is 1. The Morgan fingerprint density at radius 1 is 1.22 bits per heavy atom. The van der Waals surface area contributed by atoms with Crippen LogP contribution in [0, 0.1) is 11.3 Å². The molecule has 0 spiro atoms. The zero-order chi connectivity index (χ0) is 17.0. The van der Waals surface area contributed by atoms with Crippen LogP contribution < -0.4 is 0 Å². The van der Waals surface area contributed by atoms with Gasteiger partial charge in [-0.05, 0) is 35.9 Å². The summed E-state index contributed by atoms with van der Waals surface area (Å²) in [6.07, 6.45) is 0.811. The molecule has 0 saturated carbocycles. The van der Waals surface area contributed by atoms with Crippen LogP contribution in [0.4, 0.5) is 0 Å². The molecule has 23 heavy (non-hydrogen) atoms. The number of ketones is 1. The zero-order valence-corrected chi connectivity index (χ0v) is 13.9. The van der Waals surface area contributed by atoms with Crippen molar-refractivity contribution in [1.29, 1.82) is 5.41 Å². The number of aliphatic imine (C=N–C) groups is 1. The third-order valence-corrected chi connectivity index (χ3v) is 3.91. The average molecular weight is 306 g/mol. The molecule has 0 heterocycles. The van der Waals surface area contributed by atoms with Gasteiger partial charge in [-0.1, -0.05) is 57.2 Å². The van der Waals surface area contributed by atoms with Gasteiger partial charge in [-0.25, -0.2) is 4.99 Å². The van der Waals surface area contributed by atoms with E-state index >= 15 is 0 Å². The monoisotopic (exact) mass is 306 g/mol. The number of amidine groups is 1. The number of rotatable bonds is 5. The van der Waals surface area contributed by atoms with Gasteiger partial charge >= 0.3 is 0 Å². The molecule has 3 nitrogen and oxygen atoms in total. The number of nitrogens with zero attached hydrogens (tertiary/aromatic N) is 1. The van der Waals surface area contributed by atoms with Crippen molar-refractivity contribution >= 4 is 18.3 Å². The van der Waals surface area contributed by atoms with E-state index in [0.717, 1.165) is 28.7 Å². The first-order valence-corrected chi connectivity index (χ1v) is 7.81. The molecule has 0 amide bonds. The van der Waals surface area contributed by atoms with Crippen LogP contribution in [-0.2, 0) is 6.42 Å². The lowest BCUT2D eigenvalue weighted by molar-refractivity contribution is 0.0939. The normalized spacial score (nSPS) is 10.6. The van der Waals surface area contributed by atoms with Gasteiger partial charge in [0.2, 0.25) is 0 Å². The van der Waals surface area contributed by atoms with Crippen molar-refractivity contribution < 1.29 is 4.79 Å². The van der Waals surface area contributed by atoms with E-state index in [2.05, 4.69) is 18.6 Å². The molecule has 0 bridgehead atoms. The quantitative estimate of drug-likeness (QED) is 0.482. The van der Waals surface area contributed by atoms with Crippen LogP contribution in [0.25, 0.3) is 11.1 Å². The lowest BCUT2D eigenvalue weighted by atomic mass is 9.87. The number of hydrogen-bond acceptors (Lipinski definition) is 2. The van der Waals surface area contributed by atoms with Gasteiger partial charge in [0.1, 0.15) is 0 Å². The summed E-state index contributed by atoms with van der Waals surface area (Å²) in [6, 6.07) is 13.5. The van der Waals surface area contributed by atoms with E-state index in [-0.39, 0.29) is 17.5 Å². The van der Waals surface area contributed by atoms with Gasteiger partial charge in [-0.15, -0.1) is 0 Å². The topological polar surface area (TPSA) is 53.3 Å². The Balaban J connectivity index is 2.66. The Labute approximate surface area is 137 Å². The van der Waals surface area contributed by atoms with Crippen LogP contribution in [0.1, 0.15) is 42.3 Å². The molecule has 3 heteroatoms. The van der Waals surface area contributed by atoms with Crippen LogP contribution in [-0.4, -0.2) is 18.3 Å². The smallest absolute Gasteiger partial charge is 0.166 e. The number of nitrogens with one attached hydrogen (secondary N) is 1. The molecule has 0 aliphatic rings. The largest absolute Gasteiger partial charge is 0.294 e. The first kappa shape index (κ1) is 16.8. The maximum atomic E-state index is 12.7. The summed E-state index contributed by atoms with van der Waals surface area (Å²) >= 11 is 0. The maximum Gasteiger partial charge on any atom is 0.166 e. The fraction of sp³-hybridized carbons (Fsp3) is 0.250. The second-order valence-corrected chi connectivity index (χ2v) is 5.80. The summed E-state index contributed by atoms with van der Waals surface area (Å²) in [5.74, 6) is 0.229. The molecule has 1 N–H and O–H groups in total. The zero-order valence-electron chi connectivity index (χ0n) is 13.9. The first-order valence-electron chi connectivity index (χ1n) is 7.81. The van der Waals surface area contributed by atoms with Gasteiger partial charge in [0.05, 0.1) is 0 Å². The second-order valence-electron chi connectivity index (χ2n) is 5.80. The highest BCUT2D eigenvalue weighted by atomic mass is 16.1. The molecule has 0 aliphatic carbocycles. The van der Waals surface area contributed by atoms with Crippen LogP contribution in [0.15, 0.2) is 47.5 Å². The van der Waals surface area contributed by atoms with Crippen LogP contribution in [0.3, 0.4) is 0 Å². The van der Waals surface area contributed by atoms with Crippen molar-refractivity contribution in [2.75, 3.05) is 0 Å². The minimum atomic E-state index is -0.0576. The summed E-state index contributed by atoms with van der Waals surface area (Å²) < 4.78 is 0. The molecule has 2 aromatic rings. The third-order valence-electron chi connectivity index (χ3n) is 3.91. The summed E-state index contributed by atoms with van der Waals surface area (Å²) in [7, 11) is 0.